The van der Waals surface area contributed by atoms with Crippen LogP contribution in [-0.4, -0.2) is 43.8 Å². The van der Waals surface area contributed by atoms with Crippen molar-refractivity contribution in [1.29, 1.82) is 0 Å². The molecule has 0 radical (unpaired) electrons. The molecule has 2 aromatic rings. The molecule has 4 atom stereocenters. The zero-order chi connectivity index (χ0) is 19.5. The molecule has 7 heteroatoms. The van der Waals surface area contributed by atoms with E-state index in [2.05, 4.69) is 73.8 Å². The minimum absolute atomic E-state index is 0.548. The molecule has 0 spiro atoms. The van der Waals surface area contributed by atoms with E-state index in [1.165, 1.54) is 11.1 Å². The second-order valence-corrected chi connectivity index (χ2v) is 16.2. The lowest BCUT2D eigenvalue weighted by atomic mass is 10.2. The summed E-state index contributed by atoms with van der Waals surface area (Å²) in [5.74, 6) is 2.21. The van der Waals surface area contributed by atoms with E-state index in [1.807, 2.05) is 45.6 Å². The Morgan fingerprint density at radius 3 is 1.41 bits per heavy atom. The molecule has 2 nitrogen and oxygen atoms in total. The molecule has 0 bridgehead atoms. The van der Waals surface area contributed by atoms with Gasteiger partial charge in [-0.1, -0.05) is 82.3 Å². The Hall–Kier alpha value is -0.156. The summed E-state index contributed by atoms with van der Waals surface area (Å²) < 4.78 is 11.5. The van der Waals surface area contributed by atoms with Crippen molar-refractivity contribution in [3.05, 3.63) is 71.8 Å². The zero-order valence-electron chi connectivity index (χ0n) is 16.5. The van der Waals surface area contributed by atoms with Crippen LogP contribution in [0.1, 0.15) is 22.2 Å². The highest BCUT2D eigenvalue weighted by Crippen LogP contribution is 2.40. The van der Waals surface area contributed by atoms with Crippen molar-refractivity contribution in [2.45, 2.75) is 24.2 Å². The van der Waals surface area contributed by atoms with Crippen LogP contribution in [0.4, 0.5) is 0 Å². The fraction of sp³-hybridized carbons (Fsp3) is 0.400. The molecular weight excluding hydrogens is 425 g/mol. The summed E-state index contributed by atoms with van der Waals surface area (Å²) in [5, 5.41) is 0. The molecular formula is C20H30O2S3Si2. The first-order chi connectivity index (χ1) is 13.2. The van der Waals surface area contributed by atoms with E-state index >= 15 is 0 Å². The van der Waals surface area contributed by atoms with Gasteiger partial charge in [0.1, 0.15) is 0 Å². The quantitative estimate of drug-likeness (QED) is 0.233. The Morgan fingerprint density at radius 2 is 1.07 bits per heavy atom. The Balaban J connectivity index is 1.85. The molecule has 148 valence electrons. The maximum atomic E-state index is 5.76. The van der Waals surface area contributed by atoms with Crippen molar-refractivity contribution >= 4 is 49.5 Å². The molecule has 2 aromatic carbocycles. The molecule has 2 rings (SSSR count). The fourth-order valence-corrected chi connectivity index (χ4v) is 12.6. The van der Waals surface area contributed by atoms with Crippen LogP contribution < -0.4 is 0 Å². The molecule has 0 aliphatic heterocycles. The van der Waals surface area contributed by atoms with E-state index in [4.69, 9.17) is 8.85 Å². The predicted molar refractivity (Wildman–Crippen MR) is 131 cm³/mol. The van der Waals surface area contributed by atoms with Crippen LogP contribution in [0.15, 0.2) is 60.7 Å². The highest BCUT2D eigenvalue weighted by Gasteiger charge is 2.23. The highest BCUT2D eigenvalue weighted by atomic mass is 33.5. The maximum Gasteiger partial charge on any atom is 0.181 e. The van der Waals surface area contributed by atoms with Gasteiger partial charge in [0, 0.05) is 36.8 Å². The van der Waals surface area contributed by atoms with E-state index in [0.29, 0.717) is 11.1 Å². The van der Waals surface area contributed by atoms with Crippen molar-refractivity contribution in [1.82, 2.24) is 0 Å². The van der Waals surface area contributed by atoms with Crippen LogP contribution in [0.2, 0.25) is 13.1 Å². The Bertz CT molecular complexity index is 578. The predicted octanol–water partition coefficient (Wildman–Crippen LogP) is 5.66. The van der Waals surface area contributed by atoms with E-state index in [0.717, 1.165) is 11.5 Å². The summed E-state index contributed by atoms with van der Waals surface area (Å²) in [5.41, 5.74) is 3.93. The van der Waals surface area contributed by atoms with Gasteiger partial charge in [0.05, 0.1) is 0 Å². The Labute approximate surface area is 179 Å². The normalized spacial score (nSPS) is 15.9. The summed E-state index contributed by atoms with van der Waals surface area (Å²) in [6.07, 6.45) is 0. The van der Waals surface area contributed by atoms with Gasteiger partial charge in [-0.05, 0) is 34.0 Å². The van der Waals surface area contributed by atoms with Gasteiger partial charge < -0.3 is 8.85 Å². The molecule has 0 heterocycles. The zero-order valence-corrected chi connectivity index (χ0v) is 21.3. The average Bonchev–Trinajstić information content (AvgIpc) is 2.73. The monoisotopic (exact) mass is 454 g/mol. The molecule has 27 heavy (non-hydrogen) atoms. The molecule has 0 amide bonds. The first-order valence-corrected chi connectivity index (χ1v) is 17.6. The Morgan fingerprint density at radius 1 is 0.704 bits per heavy atom. The number of hydrogen-bond acceptors (Lipinski definition) is 5. The van der Waals surface area contributed by atoms with Gasteiger partial charge in [-0.3, -0.25) is 0 Å². The van der Waals surface area contributed by atoms with Crippen molar-refractivity contribution in [3.63, 3.8) is 0 Å². The van der Waals surface area contributed by atoms with Crippen molar-refractivity contribution in [2.75, 3.05) is 25.7 Å². The van der Waals surface area contributed by atoms with Crippen molar-refractivity contribution < 1.29 is 8.85 Å². The lowest BCUT2D eigenvalue weighted by Crippen LogP contribution is -2.24. The van der Waals surface area contributed by atoms with E-state index in [1.54, 1.807) is 0 Å². The average molecular weight is 455 g/mol. The maximum absolute atomic E-state index is 5.76. The largest absolute Gasteiger partial charge is 0.423 e. The molecule has 4 unspecified atom stereocenters. The van der Waals surface area contributed by atoms with Gasteiger partial charge >= 0.3 is 0 Å². The van der Waals surface area contributed by atoms with E-state index in [9.17, 15) is 0 Å². The van der Waals surface area contributed by atoms with Gasteiger partial charge in [0.25, 0.3) is 0 Å². The van der Waals surface area contributed by atoms with E-state index in [-0.39, 0.29) is 0 Å². The van der Waals surface area contributed by atoms with Crippen LogP contribution in [0.5, 0.6) is 0 Å². The third-order valence-corrected chi connectivity index (χ3v) is 14.9. The van der Waals surface area contributed by atoms with E-state index < -0.39 is 18.1 Å². The minimum Gasteiger partial charge on any atom is -0.423 e. The van der Waals surface area contributed by atoms with Crippen molar-refractivity contribution in [2.24, 2.45) is 0 Å². The second-order valence-electron chi connectivity index (χ2n) is 6.55. The molecule has 0 fully saturated rings. The topological polar surface area (TPSA) is 18.5 Å². The number of rotatable bonds is 12. The lowest BCUT2D eigenvalue weighted by molar-refractivity contribution is 0.416. The fourth-order valence-electron chi connectivity index (χ4n) is 2.97. The molecule has 0 aromatic heterocycles. The summed E-state index contributed by atoms with van der Waals surface area (Å²) in [6, 6.07) is 21.7. The number of benzene rings is 2. The summed E-state index contributed by atoms with van der Waals surface area (Å²) in [4.78, 5) is 0. The molecule has 0 saturated carbocycles. The first kappa shape index (κ1) is 23.1. The summed E-state index contributed by atoms with van der Waals surface area (Å²) in [6.45, 7) is 4.60. The van der Waals surface area contributed by atoms with Crippen LogP contribution in [-0.2, 0) is 8.85 Å². The number of hydrogen-bond donors (Lipinski definition) is 0. The van der Waals surface area contributed by atoms with Crippen LogP contribution in [0.3, 0.4) is 0 Å². The standard InChI is InChI=1S/C20H30O2S3Si2/c1-21-26(3)19(17-11-7-5-8-12-17)15-23-25-24-16-20(27(4)22-2)18-13-9-6-10-14-18/h5-14,19-20,26-27H,15-16H2,1-4H3. The SMILES string of the molecule is CO[SiH](C)C(CSSSCC(c1ccccc1)[SiH](C)OC)c1ccccc1. The Kier molecular flexibility index (Phi) is 11.3. The van der Waals surface area contributed by atoms with Crippen molar-refractivity contribution in [3.8, 4) is 0 Å². The summed E-state index contributed by atoms with van der Waals surface area (Å²) >= 11 is 0. The molecule has 0 saturated heterocycles. The third-order valence-electron chi connectivity index (χ3n) is 4.92. The van der Waals surface area contributed by atoms with Gasteiger partial charge in [-0.25, -0.2) is 0 Å². The first-order valence-electron chi connectivity index (χ1n) is 9.24. The van der Waals surface area contributed by atoms with Gasteiger partial charge in [-0.2, -0.15) is 0 Å². The van der Waals surface area contributed by atoms with Crippen LogP contribution >= 0.6 is 31.4 Å². The molecule has 0 aliphatic rings. The highest BCUT2D eigenvalue weighted by molar-refractivity contribution is 9.09. The lowest BCUT2D eigenvalue weighted by Gasteiger charge is -2.22. The minimum atomic E-state index is -1.22. The van der Waals surface area contributed by atoms with Gasteiger partial charge in [0.2, 0.25) is 0 Å². The third kappa shape index (κ3) is 7.64. The second kappa shape index (κ2) is 13.1. The van der Waals surface area contributed by atoms with Gasteiger partial charge in [-0.15, -0.1) is 0 Å². The van der Waals surface area contributed by atoms with Crippen LogP contribution in [0.25, 0.3) is 0 Å². The molecule has 0 N–H and O–H groups in total. The summed E-state index contributed by atoms with van der Waals surface area (Å²) in [7, 11) is 7.13. The smallest absolute Gasteiger partial charge is 0.181 e. The molecule has 0 aliphatic carbocycles. The van der Waals surface area contributed by atoms with Gasteiger partial charge in [0.15, 0.2) is 18.1 Å². The van der Waals surface area contributed by atoms with Crippen LogP contribution in [0, 0.1) is 0 Å².